The summed E-state index contributed by atoms with van der Waals surface area (Å²) in [7, 11) is 0. The fourth-order valence-electron chi connectivity index (χ4n) is 1.67. The maximum absolute atomic E-state index is 2.34. The van der Waals surface area contributed by atoms with Crippen LogP contribution >= 0.6 is 11.3 Å². The number of thiophene rings is 1. The van der Waals surface area contributed by atoms with E-state index in [1.54, 1.807) is 10.4 Å². The number of allylic oxidation sites excluding steroid dienone is 2. The van der Waals surface area contributed by atoms with E-state index >= 15 is 0 Å². The van der Waals surface area contributed by atoms with Crippen molar-refractivity contribution in [3.8, 4) is 0 Å². The molecule has 84 valence electrons. The van der Waals surface area contributed by atoms with Gasteiger partial charge in [-0.25, -0.2) is 0 Å². The van der Waals surface area contributed by atoms with E-state index < -0.39 is 0 Å². The lowest BCUT2D eigenvalue weighted by Gasteiger charge is -1.98. The molecule has 1 rings (SSSR count). The van der Waals surface area contributed by atoms with Crippen LogP contribution in [0.3, 0.4) is 0 Å². The van der Waals surface area contributed by atoms with Gasteiger partial charge >= 0.3 is 0 Å². The van der Waals surface area contributed by atoms with Gasteiger partial charge in [-0.05, 0) is 42.7 Å². The molecule has 0 aromatic carbocycles. The van der Waals surface area contributed by atoms with Crippen molar-refractivity contribution in [2.45, 2.75) is 52.4 Å². The molecular weight excluding hydrogens is 200 g/mol. The summed E-state index contributed by atoms with van der Waals surface area (Å²) in [6.07, 6.45) is 12.2. The van der Waals surface area contributed by atoms with Crippen LogP contribution in [0, 0.1) is 0 Å². The van der Waals surface area contributed by atoms with E-state index in [4.69, 9.17) is 0 Å². The Morgan fingerprint density at radius 1 is 1.20 bits per heavy atom. The van der Waals surface area contributed by atoms with Gasteiger partial charge in [0.25, 0.3) is 0 Å². The highest BCUT2D eigenvalue weighted by Crippen LogP contribution is 2.19. The molecule has 0 atom stereocenters. The maximum atomic E-state index is 2.34. The summed E-state index contributed by atoms with van der Waals surface area (Å²) in [6, 6.07) is 2.26. The monoisotopic (exact) mass is 222 g/mol. The Hall–Kier alpha value is -0.560. The number of unbranched alkanes of at least 4 members (excludes halogenated alkanes) is 2. The van der Waals surface area contributed by atoms with E-state index in [0.717, 1.165) is 0 Å². The van der Waals surface area contributed by atoms with Crippen LogP contribution in [0.15, 0.2) is 23.6 Å². The van der Waals surface area contributed by atoms with Gasteiger partial charge in [-0.2, -0.15) is 0 Å². The van der Waals surface area contributed by atoms with Crippen LogP contribution in [0.2, 0.25) is 0 Å². The molecule has 0 N–H and O–H groups in total. The summed E-state index contributed by atoms with van der Waals surface area (Å²) in [6.45, 7) is 4.48. The van der Waals surface area contributed by atoms with E-state index in [9.17, 15) is 0 Å². The predicted octanol–water partition coefficient (Wildman–Crippen LogP) is 4.99. The van der Waals surface area contributed by atoms with Gasteiger partial charge in [-0.3, -0.25) is 0 Å². The fraction of sp³-hybridized carbons (Fsp3) is 0.571. The molecular formula is C14H22S. The molecule has 0 saturated carbocycles. The van der Waals surface area contributed by atoms with Crippen molar-refractivity contribution in [1.29, 1.82) is 0 Å². The first-order valence-electron chi connectivity index (χ1n) is 6.08. The minimum atomic E-state index is 1.18. The van der Waals surface area contributed by atoms with Crippen molar-refractivity contribution < 1.29 is 0 Å². The molecule has 0 aliphatic carbocycles. The van der Waals surface area contributed by atoms with E-state index in [1.807, 2.05) is 11.3 Å². The van der Waals surface area contributed by atoms with Crippen molar-refractivity contribution in [2.24, 2.45) is 0 Å². The molecule has 1 heterocycles. The molecule has 0 aliphatic heterocycles. The Balaban J connectivity index is 2.22. The maximum Gasteiger partial charge on any atom is 0.00801 e. The summed E-state index contributed by atoms with van der Waals surface area (Å²) in [5, 5.41) is 2.22. The first-order valence-corrected chi connectivity index (χ1v) is 6.96. The number of hydrogen-bond donors (Lipinski definition) is 0. The lowest BCUT2D eigenvalue weighted by atomic mass is 10.1. The zero-order valence-electron chi connectivity index (χ0n) is 9.96. The van der Waals surface area contributed by atoms with Crippen molar-refractivity contribution in [3.05, 3.63) is 34.0 Å². The molecule has 0 bridgehead atoms. The first kappa shape index (κ1) is 12.5. The largest absolute Gasteiger partial charge is 0.149 e. The molecule has 0 amide bonds. The van der Waals surface area contributed by atoms with Crippen molar-refractivity contribution >= 4 is 11.3 Å². The van der Waals surface area contributed by atoms with E-state index in [2.05, 4.69) is 37.4 Å². The quantitative estimate of drug-likeness (QED) is 0.450. The van der Waals surface area contributed by atoms with Gasteiger partial charge in [0.05, 0.1) is 0 Å². The third kappa shape index (κ3) is 4.65. The standard InChI is InChI=1S/C14H22S/c1-3-5-6-7-8-9-10-14-13(4-2)11-12-15-14/h7-8,11-12H,3-6,9-10H2,1-2H3. The van der Waals surface area contributed by atoms with E-state index in [-0.39, 0.29) is 0 Å². The number of hydrogen-bond acceptors (Lipinski definition) is 1. The topological polar surface area (TPSA) is 0 Å². The average Bonchev–Trinajstić information content (AvgIpc) is 2.70. The predicted molar refractivity (Wildman–Crippen MR) is 70.7 cm³/mol. The molecule has 0 radical (unpaired) electrons. The van der Waals surface area contributed by atoms with E-state index in [0.29, 0.717) is 0 Å². The Labute approximate surface area is 98.0 Å². The summed E-state index contributed by atoms with van der Waals surface area (Å²) in [5.41, 5.74) is 1.54. The second kappa shape index (κ2) is 7.70. The Bertz CT molecular complexity index is 283. The minimum absolute atomic E-state index is 1.18. The Kier molecular flexibility index (Phi) is 6.42. The van der Waals surface area contributed by atoms with Gasteiger partial charge < -0.3 is 0 Å². The summed E-state index contributed by atoms with van der Waals surface area (Å²) >= 11 is 1.91. The normalized spacial score (nSPS) is 11.3. The molecule has 0 saturated heterocycles. The van der Waals surface area contributed by atoms with Crippen molar-refractivity contribution in [3.63, 3.8) is 0 Å². The fourth-order valence-corrected chi connectivity index (χ4v) is 2.67. The smallest absolute Gasteiger partial charge is 0.00801 e. The SMILES string of the molecule is CCCCC=CCCc1sccc1CC. The van der Waals surface area contributed by atoms with Gasteiger partial charge in [-0.1, -0.05) is 38.8 Å². The first-order chi connectivity index (χ1) is 7.38. The Morgan fingerprint density at radius 3 is 2.73 bits per heavy atom. The van der Waals surface area contributed by atoms with Gasteiger partial charge in [0.1, 0.15) is 0 Å². The zero-order chi connectivity index (χ0) is 10.9. The van der Waals surface area contributed by atoms with Gasteiger partial charge in [0.15, 0.2) is 0 Å². The minimum Gasteiger partial charge on any atom is -0.149 e. The summed E-state index contributed by atoms with van der Waals surface area (Å²) in [5.74, 6) is 0. The Morgan fingerprint density at radius 2 is 2.00 bits per heavy atom. The van der Waals surface area contributed by atoms with Crippen molar-refractivity contribution in [2.75, 3.05) is 0 Å². The van der Waals surface area contributed by atoms with Crippen LogP contribution in [0.5, 0.6) is 0 Å². The molecule has 1 heteroatoms. The molecule has 0 spiro atoms. The van der Waals surface area contributed by atoms with E-state index in [1.165, 1.54) is 38.5 Å². The van der Waals surface area contributed by atoms with Crippen LogP contribution in [-0.4, -0.2) is 0 Å². The second-order valence-electron chi connectivity index (χ2n) is 3.87. The molecule has 1 aromatic rings. The number of rotatable bonds is 7. The van der Waals surface area contributed by atoms with Gasteiger partial charge in [-0.15, -0.1) is 11.3 Å². The lowest BCUT2D eigenvalue weighted by molar-refractivity contribution is 0.811. The van der Waals surface area contributed by atoms with Crippen LogP contribution in [0.4, 0.5) is 0 Å². The van der Waals surface area contributed by atoms with Crippen LogP contribution in [0.25, 0.3) is 0 Å². The second-order valence-corrected chi connectivity index (χ2v) is 4.88. The van der Waals surface area contributed by atoms with Crippen LogP contribution < -0.4 is 0 Å². The van der Waals surface area contributed by atoms with Crippen LogP contribution in [-0.2, 0) is 12.8 Å². The average molecular weight is 222 g/mol. The molecule has 0 fully saturated rings. The zero-order valence-corrected chi connectivity index (χ0v) is 10.8. The molecule has 15 heavy (non-hydrogen) atoms. The highest BCUT2D eigenvalue weighted by molar-refractivity contribution is 7.10. The van der Waals surface area contributed by atoms with Crippen LogP contribution in [0.1, 0.15) is 50.0 Å². The van der Waals surface area contributed by atoms with Gasteiger partial charge in [0, 0.05) is 4.88 Å². The van der Waals surface area contributed by atoms with Crippen molar-refractivity contribution in [1.82, 2.24) is 0 Å². The lowest BCUT2D eigenvalue weighted by Crippen LogP contribution is -1.84. The summed E-state index contributed by atoms with van der Waals surface area (Å²) in [4.78, 5) is 1.58. The third-order valence-electron chi connectivity index (χ3n) is 2.65. The highest BCUT2D eigenvalue weighted by Gasteiger charge is 1.99. The number of aryl methyl sites for hydroxylation is 2. The molecule has 1 aromatic heterocycles. The molecule has 0 nitrogen and oxygen atoms in total. The molecule has 0 unspecified atom stereocenters. The van der Waals surface area contributed by atoms with Gasteiger partial charge in [0.2, 0.25) is 0 Å². The molecule has 0 aliphatic rings. The third-order valence-corrected chi connectivity index (χ3v) is 3.67. The highest BCUT2D eigenvalue weighted by atomic mass is 32.1. The summed E-state index contributed by atoms with van der Waals surface area (Å²) < 4.78 is 0.